The predicted molar refractivity (Wildman–Crippen MR) is 89.7 cm³/mol. The van der Waals surface area contributed by atoms with Gasteiger partial charge in [0.1, 0.15) is 5.82 Å². The summed E-state index contributed by atoms with van der Waals surface area (Å²) in [4.78, 5) is 12.2. The summed E-state index contributed by atoms with van der Waals surface area (Å²) in [5, 5.41) is 6.46. The highest BCUT2D eigenvalue weighted by molar-refractivity contribution is 5.85. The molecule has 1 amide bonds. The molecule has 0 saturated carbocycles. The van der Waals surface area contributed by atoms with Gasteiger partial charge < -0.3 is 10.6 Å². The zero-order chi connectivity index (χ0) is 15.2. The third-order valence-electron chi connectivity index (χ3n) is 4.36. The van der Waals surface area contributed by atoms with Crippen LogP contribution in [0, 0.1) is 17.7 Å². The number of nitrogens with one attached hydrogen (secondary N) is 2. The van der Waals surface area contributed by atoms with Crippen molar-refractivity contribution in [3.8, 4) is 0 Å². The molecule has 1 aromatic rings. The fourth-order valence-electron chi connectivity index (χ4n) is 2.71. The molecule has 0 radical (unpaired) electrons. The van der Waals surface area contributed by atoms with Crippen LogP contribution in [0.1, 0.15) is 32.3 Å². The minimum atomic E-state index is -0.216. The molecule has 0 spiro atoms. The van der Waals surface area contributed by atoms with E-state index in [-0.39, 0.29) is 36.1 Å². The van der Waals surface area contributed by atoms with Gasteiger partial charge in [-0.15, -0.1) is 12.4 Å². The largest absolute Gasteiger partial charge is 0.352 e. The molecule has 3 nitrogen and oxygen atoms in total. The average Bonchev–Trinajstić information content (AvgIpc) is 2.47. The molecule has 2 rings (SSSR count). The molecule has 2 N–H and O–H groups in total. The standard InChI is InChI=1S/C17H25FN2O.ClH/c1-12-8-9-19-11-16(12)20-17(21)13(2)6-7-14-4-3-5-15(18)10-14;/h3-5,10,12-13,16,19H,6-9,11H2,1-2H3,(H,20,21);1H. The van der Waals surface area contributed by atoms with Crippen molar-refractivity contribution in [3.63, 3.8) is 0 Å². The van der Waals surface area contributed by atoms with Crippen molar-refractivity contribution >= 4 is 18.3 Å². The maximum absolute atomic E-state index is 13.1. The summed E-state index contributed by atoms with van der Waals surface area (Å²) in [6, 6.07) is 6.82. The molecule has 3 atom stereocenters. The van der Waals surface area contributed by atoms with Gasteiger partial charge in [-0.1, -0.05) is 26.0 Å². The highest BCUT2D eigenvalue weighted by Crippen LogP contribution is 2.14. The Labute approximate surface area is 138 Å². The second-order valence-corrected chi connectivity index (χ2v) is 6.15. The molecule has 124 valence electrons. The maximum atomic E-state index is 13.1. The van der Waals surface area contributed by atoms with E-state index < -0.39 is 0 Å². The van der Waals surface area contributed by atoms with Crippen molar-refractivity contribution < 1.29 is 9.18 Å². The van der Waals surface area contributed by atoms with E-state index in [1.54, 1.807) is 6.07 Å². The third-order valence-corrected chi connectivity index (χ3v) is 4.36. The zero-order valence-corrected chi connectivity index (χ0v) is 14.1. The molecule has 22 heavy (non-hydrogen) atoms. The first-order valence-electron chi connectivity index (χ1n) is 7.82. The molecule has 1 saturated heterocycles. The van der Waals surface area contributed by atoms with Crippen molar-refractivity contribution in [1.29, 1.82) is 0 Å². The van der Waals surface area contributed by atoms with Crippen LogP contribution in [-0.2, 0) is 11.2 Å². The second kappa shape index (κ2) is 9.11. The zero-order valence-electron chi connectivity index (χ0n) is 13.3. The van der Waals surface area contributed by atoms with Gasteiger partial charge >= 0.3 is 0 Å². The molecule has 1 aliphatic heterocycles. The van der Waals surface area contributed by atoms with Crippen molar-refractivity contribution in [2.45, 2.75) is 39.2 Å². The quantitative estimate of drug-likeness (QED) is 0.872. The van der Waals surface area contributed by atoms with Gasteiger partial charge in [0.15, 0.2) is 0 Å². The Kier molecular flexibility index (Phi) is 7.83. The van der Waals surface area contributed by atoms with Crippen LogP contribution in [0.2, 0.25) is 0 Å². The minimum Gasteiger partial charge on any atom is -0.352 e. The van der Waals surface area contributed by atoms with E-state index in [1.807, 2.05) is 13.0 Å². The Balaban J connectivity index is 0.00000242. The first-order chi connectivity index (χ1) is 10.1. The van der Waals surface area contributed by atoms with Crippen LogP contribution >= 0.6 is 12.4 Å². The van der Waals surface area contributed by atoms with Crippen LogP contribution in [0.15, 0.2) is 24.3 Å². The van der Waals surface area contributed by atoms with E-state index in [0.717, 1.165) is 37.9 Å². The van der Waals surface area contributed by atoms with Crippen LogP contribution < -0.4 is 10.6 Å². The monoisotopic (exact) mass is 328 g/mol. The SMILES string of the molecule is CC(CCc1cccc(F)c1)C(=O)NC1CNCCC1C.Cl. The van der Waals surface area contributed by atoms with Gasteiger partial charge in [-0.2, -0.15) is 0 Å². The summed E-state index contributed by atoms with van der Waals surface area (Å²) in [5.74, 6) is 0.353. The Morgan fingerprint density at radius 1 is 1.50 bits per heavy atom. The molecule has 1 aliphatic rings. The summed E-state index contributed by atoms with van der Waals surface area (Å²) < 4.78 is 13.1. The lowest BCUT2D eigenvalue weighted by Gasteiger charge is -2.31. The fourth-order valence-corrected chi connectivity index (χ4v) is 2.71. The summed E-state index contributed by atoms with van der Waals surface area (Å²) in [6.45, 7) is 6.00. The first kappa shape index (κ1) is 18.9. The van der Waals surface area contributed by atoms with Crippen molar-refractivity contribution in [2.75, 3.05) is 13.1 Å². The molecule has 5 heteroatoms. The van der Waals surface area contributed by atoms with Crippen LogP contribution in [0.4, 0.5) is 4.39 Å². The Morgan fingerprint density at radius 2 is 2.27 bits per heavy atom. The Morgan fingerprint density at radius 3 is 2.95 bits per heavy atom. The number of hydrogen-bond donors (Lipinski definition) is 2. The Hall–Kier alpha value is -1.13. The molecule has 0 aromatic heterocycles. The lowest BCUT2D eigenvalue weighted by molar-refractivity contribution is -0.125. The summed E-state index contributed by atoms with van der Waals surface area (Å²) in [6.07, 6.45) is 2.57. The summed E-state index contributed by atoms with van der Waals surface area (Å²) in [5.41, 5.74) is 0.947. The van der Waals surface area contributed by atoms with Crippen molar-refractivity contribution in [1.82, 2.24) is 10.6 Å². The van der Waals surface area contributed by atoms with Crippen LogP contribution in [0.5, 0.6) is 0 Å². The van der Waals surface area contributed by atoms with Gasteiger partial charge in [-0.3, -0.25) is 4.79 Å². The molecule has 1 aromatic carbocycles. The number of piperidine rings is 1. The lowest BCUT2D eigenvalue weighted by Crippen LogP contribution is -2.51. The van der Waals surface area contributed by atoms with Crippen LogP contribution in [-0.4, -0.2) is 25.0 Å². The summed E-state index contributed by atoms with van der Waals surface area (Å²) >= 11 is 0. The number of hydrogen-bond acceptors (Lipinski definition) is 2. The van der Waals surface area contributed by atoms with Crippen LogP contribution in [0.3, 0.4) is 0 Å². The maximum Gasteiger partial charge on any atom is 0.223 e. The number of carbonyl (C=O) groups excluding carboxylic acids is 1. The number of aryl methyl sites for hydroxylation is 1. The molecular weight excluding hydrogens is 303 g/mol. The second-order valence-electron chi connectivity index (χ2n) is 6.15. The van der Waals surface area contributed by atoms with Crippen molar-refractivity contribution in [2.24, 2.45) is 11.8 Å². The first-order valence-corrected chi connectivity index (χ1v) is 7.82. The molecule has 1 heterocycles. The third kappa shape index (κ3) is 5.58. The van der Waals surface area contributed by atoms with Gasteiger partial charge in [0, 0.05) is 18.5 Å². The minimum absolute atomic E-state index is 0. The van der Waals surface area contributed by atoms with E-state index in [0.29, 0.717) is 5.92 Å². The Bertz CT molecular complexity index is 483. The van der Waals surface area contributed by atoms with Gasteiger partial charge in [-0.05, 0) is 49.4 Å². The molecule has 0 bridgehead atoms. The van der Waals surface area contributed by atoms with E-state index in [1.165, 1.54) is 12.1 Å². The normalized spacial score (nSPS) is 22.5. The van der Waals surface area contributed by atoms with Gasteiger partial charge in [-0.25, -0.2) is 4.39 Å². The molecule has 3 unspecified atom stereocenters. The number of rotatable bonds is 5. The lowest BCUT2D eigenvalue weighted by atomic mass is 9.93. The average molecular weight is 329 g/mol. The summed E-state index contributed by atoms with van der Waals surface area (Å²) in [7, 11) is 0. The smallest absolute Gasteiger partial charge is 0.223 e. The number of benzene rings is 1. The fraction of sp³-hybridized carbons (Fsp3) is 0.588. The van der Waals surface area contributed by atoms with Crippen LogP contribution in [0.25, 0.3) is 0 Å². The van der Waals surface area contributed by atoms with E-state index >= 15 is 0 Å². The number of carbonyl (C=O) groups is 1. The highest BCUT2D eigenvalue weighted by Gasteiger charge is 2.24. The van der Waals surface area contributed by atoms with E-state index in [4.69, 9.17) is 0 Å². The molecular formula is C17H26ClFN2O. The van der Waals surface area contributed by atoms with Gasteiger partial charge in [0.2, 0.25) is 5.91 Å². The number of halogens is 2. The van der Waals surface area contributed by atoms with E-state index in [9.17, 15) is 9.18 Å². The molecule has 0 aliphatic carbocycles. The van der Waals surface area contributed by atoms with Gasteiger partial charge in [0.05, 0.1) is 0 Å². The molecule has 1 fully saturated rings. The highest BCUT2D eigenvalue weighted by atomic mass is 35.5. The number of amides is 1. The van der Waals surface area contributed by atoms with Gasteiger partial charge in [0.25, 0.3) is 0 Å². The van der Waals surface area contributed by atoms with Crippen molar-refractivity contribution in [3.05, 3.63) is 35.6 Å². The topological polar surface area (TPSA) is 41.1 Å². The predicted octanol–water partition coefficient (Wildman–Crippen LogP) is 2.93. The van der Waals surface area contributed by atoms with E-state index in [2.05, 4.69) is 17.6 Å².